The summed E-state index contributed by atoms with van der Waals surface area (Å²) in [7, 11) is 1.64. The van der Waals surface area contributed by atoms with Crippen LogP contribution in [0, 0.1) is 6.92 Å². The van der Waals surface area contributed by atoms with Gasteiger partial charge in [-0.2, -0.15) is 0 Å². The summed E-state index contributed by atoms with van der Waals surface area (Å²) in [6.45, 7) is 3.65. The Morgan fingerprint density at radius 2 is 2.00 bits per heavy atom. The van der Waals surface area contributed by atoms with Gasteiger partial charge in [0.05, 0.1) is 16.8 Å². The van der Waals surface area contributed by atoms with Crippen LogP contribution in [-0.4, -0.2) is 40.0 Å². The number of aromatic nitrogens is 1. The number of aryl methyl sites for hydroxylation is 1. The second kappa shape index (κ2) is 7.75. The molecule has 0 fully saturated rings. The molecule has 0 aliphatic heterocycles. The van der Waals surface area contributed by atoms with Gasteiger partial charge in [0, 0.05) is 7.05 Å². The highest BCUT2D eigenvalue weighted by Gasteiger charge is 2.24. The number of amides is 1. The highest BCUT2D eigenvalue weighted by Crippen LogP contribution is 2.23. The van der Waals surface area contributed by atoms with Gasteiger partial charge in [-0.1, -0.05) is 18.2 Å². The minimum Gasteiger partial charge on any atom is -0.507 e. The Hall–Kier alpha value is -2.93. The molecule has 0 radical (unpaired) electrons. The molecule has 7 heteroatoms. The van der Waals surface area contributed by atoms with Crippen LogP contribution < -0.4 is 0 Å². The largest absolute Gasteiger partial charge is 0.507 e. The number of aromatic hydroxyl groups is 1. The van der Waals surface area contributed by atoms with E-state index in [9.17, 15) is 14.7 Å². The smallest absolute Gasteiger partial charge is 0.342 e. The maximum atomic E-state index is 12.5. The quantitative estimate of drug-likeness (QED) is 0.681. The molecular formula is C20H20N2O4S. The number of phenols is 1. The first-order valence-electron chi connectivity index (χ1n) is 8.45. The van der Waals surface area contributed by atoms with Crippen LogP contribution in [0.25, 0.3) is 10.2 Å². The van der Waals surface area contributed by atoms with Crippen molar-refractivity contribution in [3.05, 3.63) is 58.6 Å². The van der Waals surface area contributed by atoms with E-state index in [1.165, 1.54) is 35.3 Å². The Labute approximate surface area is 161 Å². The molecule has 1 aromatic heterocycles. The summed E-state index contributed by atoms with van der Waals surface area (Å²) in [5, 5.41) is 10.7. The monoisotopic (exact) mass is 384 g/mol. The number of hydrogen-bond donors (Lipinski definition) is 1. The molecule has 0 saturated carbocycles. The van der Waals surface area contributed by atoms with E-state index in [1.807, 2.05) is 24.3 Å². The second-order valence-electron chi connectivity index (χ2n) is 6.34. The molecule has 1 heterocycles. The van der Waals surface area contributed by atoms with Crippen molar-refractivity contribution in [1.82, 2.24) is 9.88 Å². The third-order valence-electron chi connectivity index (χ3n) is 4.09. The van der Waals surface area contributed by atoms with Crippen molar-refractivity contribution in [2.45, 2.75) is 26.5 Å². The first kappa shape index (κ1) is 18.8. The van der Waals surface area contributed by atoms with Gasteiger partial charge in [0.25, 0.3) is 5.91 Å². The van der Waals surface area contributed by atoms with Crippen LogP contribution in [-0.2, 0) is 16.1 Å². The average Bonchev–Trinajstić information content (AvgIpc) is 3.02. The van der Waals surface area contributed by atoms with Gasteiger partial charge in [0.2, 0.25) is 0 Å². The number of fused-ring (bicyclic) bond motifs is 1. The van der Waals surface area contributed by atoms with E-state index in [1.54, 1.807) is 20.0 Å². The van der Waals surface area contributed by atoms with Gasteiger partial charge >= 0.3 is 5.97 Å². The predicted molar refractivity (Wildman–Crippen MR) is 104 cm³/mol. The third-order valence-corrected chi connectivity index (χ3v) is 5.11. The lowest BCUT2D eigenvalue weighted by atomic mass is 10.1. The van der Waals surface area contributed by atoms with Crippen LogP contribution in [0.15, 0.2) is 42.5 Å². The van der Waals surface area contributed by atoms with Crippen molar-refractivity contribution in [2.24, 2.45) is 0 Å². The fraction of sp³-hybridized carbons (Fsp3) is 0.250. The molecular weight excluding hydrogens is 364 g/mol. The van der Waals surface area contributed by atoms with E-state index in [-0.39, 0.29) is 17.2 Å². The zero-order valence-corrected chi connectivity index (χ0v) is 16.1. The Morgan fingerprint density at radius 3 is 2.70 bits per heavy atom. The molecule has 0 saturated heterocycles. The van der Waals surface area contributed by atoms with Crippen LogP contribution in [0.3, 0.4) is 0 Å². The fourth-order valence-electron chi connectivity index (χ4n) is 2.67. The van der Waals surface area contributed by atoms with Crippen LogP contribution >= 0.6 is 11.3 Å². The number of thiazole rings is 1. The first-order chi connectivity index (χ1) is 12.8. The van der Waals surface area contributed by atoms with E-state index in [2.05, 4.69) is 4.98 Å². The van der Waals surface area contributed by atoms with E-state index >= 15 is 0 Å². The SMILES string of the molecule is Cc1ccc(C(=O)OC(C)C(=O)N(C)Cc2nc3ccccc3s2)c(O)c1. The molecule has 1 N–H and O–H groups in total. The number of para-hydroxylation sites is 1. The fourth-order valence-corrected chi connectivity index (χ4v) is 3.69. The van der Waals surface area contributed by atoms with Crippen molar-refractivity contribution in [2.75, 3.05) is 7.05 Å². The number of nitrogens with zero attached hydrogens (tertiary/aromatic N) is 2. The lowest BCUT2D eigenvalue weighted by Gasteiger charge is -2.20. The number of rotatable bonds is 5. The topological polar surface area (TPSA) is 79.7 Å². The summed E-state index contributed by atoms with van der Waals surface area (Å²) in [5.41, 5.74) is 1.76. The molecule has 6 nitrogen and oxygen atoms in total. The molecule has 27 heavy (non-hydrogen) atoms. The summed E-state index contributed by atoms with van der Waals surface area (Å²) >= 11 is 1.52. The summed E-state index contributed by atoms with van der Waals surface area (Å²) in [4.78, 5) is 30.7. The number of esters is 1. The maximum Gasteiger partial charge on any atom is 0.342 e. The van der Waals surface area contributed by atoms with Gasteiger partial charge in [-0.15, -0.1) is 11.3 Å². The molecule has 3 rings (SSSR count). The molecule has 1 amide bonds. The Morgan fingerprint density at radius 1 is 1.26 bits per heavy atom. The van der Waals surface area contributed by atoms with Crippen LogP contribution in [0.1, 0.15) is 27.9 Å². The Kier molecular flexibility index (Phi) is 5.41. The van der Waals surface area contributed by atoms with Crippen LogP contribution in [0.5, 0.6) is 5.75 Å². The summed E-state index contributed by atoms with van der Waals surface area (Å²) in [6.07, 6.45) is -0.974. The van der Waals surface area contributed by atoms with Gasteiger partial charge < -0.3 is 14.7 Å². The molecule has 1 atom stereocenters. The Bertz CT molecular complexity index is 966. The first-order valence-corrected chi connectivity index (χ1v) is 9.27. The van der Waals surface area contributed by atoms with Crippen molar-refractivity contribution in [1.29, 1.82) is 0 Å². The van der Waals surface area contributed by atoms with Gasteiger partial charge in [0.15, 0.2) is 6.10 Å². The zero-order valence-electron chi connectivity index (χ0n) is 15.3. The van der Waals surface area contributed by atoms with Crippen LogP contribution in [0.4, 0.5) is 0 Å². The summed E-state index contributed by atoms with van der Waals surface area (Å²) in [5.74, 6) is -1.24. The lowest BCUT2D eigenvalue weighted by molar-refractivity contribution is -0.139. The standard InChI is InChI=1S/C20H20N2O4S/c1-12-8-9-14(16(23)10-12)20(25)26-13(2)19(24)22(3)11-18-21-15-6-4-5-7-17(15)27-18/h4-10,13,23H,11H2,1-3H3. The number of likely N-dealkylation sites (N-methyl/N-ethyl adjacent to an activating group) is 1. The van der Waals surface area contributed by atoms with E-state index in [0.717, 1.165) is 20.8 Å². The summed E-state index contributed by atoms with van der Waals surface area (Å²) < 4.78 is 6.29. The molecule has 140 valence electrons. The number of carbonyl (C=O) groups excluding carboxylic acids is 2. The molecule has 0 aliphatic carbocycles. The molecule has 1 unspecified atom stereocenters. The van der Waals surface area contributed by atoms with Crippen molar-refractivity contribution >= 4 is 33.4 Å². The number of hydrogen-bond acceptors (Lipinski definition) is 6. The van der Waals surface area contributed by atoms with Gasteiger partial charge in [0.1, 0.15) is 16.3 Å². The van der Waals surface area contributed by atoms with Gasteiger partial charge in [-0.05, 0) is 43.7 Å². The normalized spacial score (nSPS) is 12.0. The van der Waals surface area contributed by atoms with E-state index in [4.69, 9.17) is 4.74 Å². The van der Waals surface area contributed by atoms with E-state index < -0.39 is 12.1 Å². The van der Waals surface area contributed by atoms with Crippen molar-refractivity contribution in [3.8, 4) is 5.75 Å². The summed E-state index contributed by atoms with van der Waals surface area (Å²) in [6, 6.07) is 12.4. The van der Waals surface area contributed by atoms with Crippen LogP contribution in [0.2, 0.25) is 0 Å². The Balaban J connectivity index is 1.64. The molecule has 0 bridgehead atoms. The molecule has 3 aromatic rings. The number of ether oxygens (including phenoxy) is 1. The number of benzene rings is 2. The predicted octanol–water partition coefficient (Wildman–Crippen LogP) is 3.51. The number of phenolic OH excluding ortho intramolecular Hbond substituents is 1. The highest BCUT2D eigenvalue weighted by atomic mass is 32.1. The average molecular weight is 384 g/mol. The van der Waals surface area contributed by atoms with Crippen molar-refractivity contribution < 1.29 is 19.4 Å². The zero-order chi connectivity index (χ0) is 19.6. The van der Waals surface area contributed by atoms with Gasteiger partial charge in [-0.25, -0.2) is 9.78 Å². The molecule has 2 aromatic carbocycles. The van der Waals surface area contributed by atoms with Crippen molar-refractivity contribution in [3.63, 3.8) is 0 Å². The molecule has 0 spiro atoms. The van der Waals surface area contributed by atoms with Gasteiger partial charge in [-0.3, -0.25) is 4.79 Å². The minimum absolute atomic E-state index is 0.0362. The minimum atomic E-state index is -0.974. The second-order valence-corrected chi connectivity index (χ2v) is 7.45. The van der Waals surface area contributed by atoms with E-state index in [0.29, 0.717) is 6.54 Å². The molecule has 0 aliphatic rings. The third kappa shape index (κ3) is 4.25. The number of carbonyl (C=O) groups is 2. The lowest BCUT2D eigenvalue weighted by Crippen LogP contribution is -2.37. The maximum absolute atomic E-state index is 12.5. The highest BCUT2D eigenvalue weighted by molar-refractivity contribution is 7.18.